The zero-order valence-electron chi connectivity index (χ0n) is 13.4. The van der Waals surface area contributed by atoms with Crippen LogP contribution in [0.1, 0.15) is 5.56 Å². The highest BCUT2D eigenvalue weighted by Gasteiger charge is 2.16. The molecule has 1 amide bonds. The lowest BCUT2D eigenvalue weighted by molar-refractivity contribution is -0.127. The second-order valence-electron chi connectivity index (χ2n) is 5.44. The van der Waals surface area contributed by atoms with Gasteiger partial charge >= 0.3 is 0 Å². The molecule has 0 saturated heterocycles. The van der Waals surface area contributed by atoms with Crippen molar-refractivity contribution in [2.75, 3.05) is 32.6 Å². The van der Waals surface area contributed by atoms with E-state index in [1.54, 1.807) is 26.0 Å². The van der Waals surface area contributed by atoms with Gasteiger partial charge in [0.25, 0.3) is 5.56 Å². The molecule has 2 rings (SSSR count). The maximum Gasteiger partial charge on any atom is 0.287 e. The Balaban J connectivity index is 2.24. The molecule has 0 aliphatic rings. The van der Waals surface area contributed by atoms with Crippen molar-refractivity contribution < 1.29 is 4.79 Å². The van der Waals surface area contributed by atoms with Gasteiger partial charge in [-0.2, -0.15) is 5.10 Å². The summed E-state index contributed by atoms with van der Waals surface area (Å²) in [6, 6.07) is 9.54. The van der Waals surface area contributed by atoms with E-state index in [9.17, 15) is 9.59 Å². The number of halogens is 1. The fourth-order valence-electron chi connectivity index (χ4n) is 2.02. The minimum Gasteiger partial charge on any atom is -0.363 e. The third-order valence-corrected chi connectivity index (χ3v) is 3.78. The number of hydrogen-bond donors (Lipinski definition) is 0. The predicted molar refractivity (Wildman–Crippen MR) is 91.0 cm³/mol. The molecular weight excluding hydrogens is 316 g/mol. The fraction of sp³-hybridized carbons (Fsp3) is 0.312. The first-order valence-corrected chi connectivity index (χ1v) is 7.48. The molecule has 0 unspecified atom stereocenters. The van der Waals surface area contributed by atoms with Crippen LogP contribution < -0.4 is 10.5 Å². The fourth-order valence-corrected chi connectivity index (χ4v) is 2.31. The second kappa shape index (κ2) is 7.28. The summed E-state index contributed by atoms with van der Waals surface area (Å²) in [4.78, 5) is 27.2. The van der Waals surface area contributed by atoms with Crippen molar-refractivity contribution >= 4 is 23.2 Å². The summed E-state index contributed by atoms with van der Waals surface area (Å²) < 4.78 is 1.31. The summed E-state index contributed by atoms with van der Waals surface area (Å²) in [5.74, 6) is -0.0861. The average molecular weight is 335 g/mol. The summed E-state index contributed by atoms with van der Waals surface area (Å²) in [6.07, 6.45) is 1.51. The van der Waals surface area contributed by atoms with Crippen molar-refractivity contribution in [1.82, 2.24) is 14.7 Å². The molecule has 1 aromatic heterocycles. The van der Waals surface area contributed by atoms with E-state index in [4.69, 9.17) is 11.6 Å². The summed E-state index contributed by atoms with van der Waals surface area (Å²) in [7, 11) is 5.05. The molecule has 1 heterocycles. The molecule has 2 aromatic rings. The van der Waals surface area contributed by atoms with E-state index >= 15 is 0 Å². The highest BCUT2D eigenvalue weighted by Crippen LogP contribution is 2.19. The molecule has 0 aliphatic carbocycles. The standard InChI is InChI=1S/C16H19ClN4O2/c1-19(2)14(22)11-20(3)13-9-18-21(16(23)15(13)17)10-12-7-5-4-6-8-12/h4-9H,10-11H2,1-3H3. The third-order valence-electron chi connectivity index (χ3n) is 3.42. The number of carbonyl (C=O) groups excluding carboxylic acids is 1. The van der Waals surface area contributed by atoms with Crippen LogP contribution in [0.5, 0.6) is 0 Å². The van der Waals surface area contributed by atoms with Crippen LogP contribution >= 0.6 is 11.6 Å². The van der Waals surface area contributed by atoms with Crippen molar-refractivity contribution in [2.45, 2.75) is 6.54 Å². The van der Waals surface area contributed by atoms with Gasteiger partial charge in [0.2, 0.25) is 5.91 Å². The first-order valence-electron chi connectivity index (χ1n) is 7.11. The van der Waals surface area contributed by atoms with Gasteiger partial charge in [0.15, 0.2) is 0 Å². The number of rotatable bonds is 5. The minimum absolute atomic E-state index is 0.0602. The lowest BCUT2D eigenvalue weighted by Gasteiger charge is -2.21. The molecule has 7 heteroatoms. The normalized spacial score (nSPS) is 10.4. The largest absolute Gasteiger partial charge is 0.363 e. The van der Waals surface area contributed by atoms with Gasteiger partial charge in [0.05, 0.1) is 25.0 Å². The molecule has 1 aromatic carbocycles. The molecular formula is C16H19ClN4O2. The van der Waals surface area contributed by atoms with E-state index in [1.165, 1.54) is 15.8 Å². The third kappa shape index (κ3) is 4.10. The van der Waals surface area contributed by atoms with E-state index in [2.05, 4.69) is 5.10 Å². The van der Waals surface area contributed by atoms with Gasteiger partial charge in [0, 0.05) is 21.1 Å². The van der Waals surface area contributed by atoms with E-state index < -0.39 is 0 Å². The van der Waals surface area contributed by atoms with Gasteiger partial charge in [-0.15, -0.1) is 0 Å². The van der Waals surface area contributed by atoms with Crippen molar-refractivity contribution in [1.29, 1.82) is 0 Å². The average Bonchev–Trinajstić information content (AvgIpc) is 2.52. The van der Waals surface area contributed by atoms with Crippen LogP contribution in [0.4, 0.5) is 5.69 Å². The number of nitrogens with zero attached hydrogens (tertiary/aromatic N) is 4. The van der Waals surface area contributed by atoms with Crippen molar-refractivity contribution in [3.05, 3.63) is 57.5 Å². The molecule has 0 saturated carbocycles. The predicted octanol–water partition coefficient (Wildman–Crippen LogP) is 1.47. The van der Waals surface area contributed by atoms with E-state index in [0.717, 1.165) is 5.56 Å². The monoisotopic (exact) mass is 334 g/mol. The number of benzene rings is 1. The first kappa shape index (κ1) is 17.0. The number of anilines is 1. The SMILES string of the molecule is CN(C)C(=O)CN(C)c1cnn(Cc2ccccc2)c(=O)c1Cl. The van der Waals surface area contributed by atoms with Crippen molar-refractivity contribution in [3.63, 3.8) is 0 Å². The maximum absolute atomic E-state index is 12.4. The van der Waals surface area contributed by atoms with Crippen LogP contribution in [-0.2, 0) is 11.3 Å². The number of likely N-dealkylation sites (N-methyl/N-ethyl adjacent to an activating group) is 2. The Morgan fingerprint density at radius 1 is 1.22 bits per heavy atom. The minimum atomic E-state index is -0.378. The van der Waals surface area contributed by atoms with Gasteiger partial charge in [-0.05, 0) is 5.56 Å². The van der Waals surface area contributed by atoms with Gasteiger partial charge < -0.3 is 9.80 Å². The Hall–Kier alpha value is -2.34. The smallest absolute Gasteiger partial charge is 0.287 e. The lowest BCUT2D eigenvalue weighted by Crippen LogP contribution is -2.36. The number of amides is 1. The van der Waals surface area contributed by atoms with E-state index in [-0.39, 0.29) is 23.0 Å². The Kier molecular flexibility index (Phi) is 5.39. The summed E-state index contributed by atoms with van der Waals surface area (Å²) >= 11 is 6.18. The van der Waals surface area contributed by atoms with Crippen molar-refractivity contribution in [2.24, 2.45) is 0 Å². The number of hydrogen-bond acceptors (Lipinski definition) is 4. The number of aromatic nitrogens is 2. The van der Waals surface area contributed by atoms with Gasteiger partial charge in [-0.1, -0.05) is 41.9 Å². The molecule has 0 bridgehead atoms. The van der Waals surface area contributed by atoms with Gasteiger partial charge in [-0.3, -0.25) is 9.59 Å². The van der Waals surface area contributed by atoms with Gasteiger partial charge in [-0.25, -0.2) is 4.68 Å². The van der Waals surface area contributed by atoms with Crippen LogP contribution in [0.15, 0.2) is 41.3 Å². The molecule has 23 heavy (non-hydrogen) atoms. The lowest BCUT2D eigenvalue weighted by atomic mass is 10.2. The summed E-state index contributed by atoms with van der Waals surface area (Å²) in [5.41, 5.74) is 1.02. The van der Waals surface area contributed by atoms with Crippen molar-refractivity contribution in [3.8, 4) is 0 Å². The Morgan fingerprint density at radius 2 is 1.87 bits per heavy atom. The van der Waals surface area contributed by atoms with Crippen LogP contribution in [0.25, 0.3) is 0 Å². The van der Waals surface area contributed by atoms with Crippen LogP contribution in [0, 0.1) is 0 Å². The molecule has 0 radical (unpaired) electrons. The molecule has 0 spiro atoms. The van der Waals surface area contributed by atoms with E-state index in [0.29, 0.717) is 12.2 Å². The highest BCUT2D eigenvalue weighted by atomic mass is 35.5. The molecule has 6 nitrogen and oxygen atoms in total. The Bertz CT molecular complexity index is 743. The second-order valence-corrected chi connectivity index (χ2v) is 5.81. The maximum atomic E-state index is 12.4. The molecule has 0 aliphatic heterocycles. The highest BCUT2D eigenvalue weighted by molar-refractivity contribution is 6.33. The Morgan fingerprint density at radius 3 is 2.48 bits per heavy atom. The molecule has 0 fully saturated rings. The van der Waals surface area contributed by atoms with Crippen LogP contribution in [0.2, 0.25) is 5.02 Å². The molecule has 122 valence electrons. The topological polar surface area (TPSA) is 58.4 Å². The quantitative estimate of drug-likeness (QED) is 0.831. The summed E-state index contributed by atoms with van der Waals surface area (Å²) in [5, 5.41) is 4.22. The number of carbonyl (C=O) groups is 1. The Labute approximate surface area is 139 Å². The van der Waals surface area contributed by atoms with Crippen LogP contribution in [0.3, 0.4) is 0 Å². The molecule has 0 N–H and O–H groups in total. The van der Waals surface area contributed by atoms with E-state index in [1.807, 2.05) is 30.3 Å². The zero-order chi connectivity index (χ0) is 17.0. The zero-order valence-corrected chi connectivity index (χ0v) is 14.1. The van der Waals surface area contributed by atoms with Crippen LogP contribution in [-0.4, -0.2) is 48.3 Å². The first-order chi connectivity index (χ1) is 10.9. The summed E-state index contributed by atoms with van der Waals surface area (Å²) in [6.45, 7) is 0.469. The molecule has 0 atom stereocenters. The van der Waals surface area contributed by atoms with Gasteiger partial charge in [0.1, 0.15) is 5.02 Å².